The first-order valence-corrected chi connectivity index (χ1v) is 5.14. The molecular weight excluding hydrogens is 231 g/mol. The highest BCUT2D eigenvalue weighted by molar-refractivity contribution is 6.34. The van der Waals surface area contributed by atoms with Crippen molar-refractivity contribution in [1.29, 1.82) is 0 Å². The number of nitrogens with one attached hydrogen (secondary N) is 1. The lowest BCUT2D eigenvalue weighted by molar-refractivity contribution is 1.27. The molecule has 0 amide bonds. The highest BCUT2D eigenvalue weighted by Crippen LogP contribution is 2.22. The van der Waals surface area contributed by atoms with E-state index < -0.39 is 0 Å². The third kappa shape index (κ3) is 2.61. The summed E-state index contributed by atoms with van der Waals surface area (Å²) in [5.74, 6) is 0.783. The molecule has 1 aromatic carbocycles. The second-order valence-electron chi connectivity index (χ2n) is 2.97. The lowest BCUT2D eigenvalue weighted by atomic mass is 10.2. The SMILES string of the molecule is Clc1ccc(Cl)c(C=Cc2ncc[nH]2)c1. The van der Waals surface area contributed by atoms with E-state index in [4.69, 9.17) is 23.2 Å². The molecule has 0 aliphatic carbocycles. The number of halogens is 2. The fourth-order valence-corrected chi connectivity index (χ4v) is 1.54. The molecule has 0 saturated heterocycles. The van der Waals surface area contributed by atoms with Crippen LogP contribution in [0.25, 0.3) is 12.2 Å². The smallest absolute Gasteiger partial charge is 0.129 e. The van der Waals surface area contributed by atoms with Crippen LogP contribution in [-0.4, -0.2) is 9.97 Å². The van der Waals surface area contributed by atoms with Gasteiger partial charge in [-0.3, -0.25) is 0 Å². The van der Waals surface area contributed by atoms with Crippen LogP contribution < -0.4 is 0 Å². The molecule has 1 N–H and O–H groups in total. The zero-order valence-corrected chi connectivity index (χ0v) is 9.26. The molecule has 0 atom stereocenters. The molecule has 0 unspecified atom stereocenters. The lowest BCUT2D eigenvalue weighted by Crippen LogP contribution is -1.77. The highest BCUT2D eigenvalue weighted by Gasteiger charge is 1.97. The zero-order chi connectivity index (χ0) is 10.7. The van der Waals surface area contributed by atoms with Gasteiger partial charge in [-0.15, -0.1) is 0 Å². The van der Waals surface area contributed by atoms with Gasteiger partial charge in [-0.1, -0.05) is 23.2 Å². The number of nitrogens with zero attached hydrogens (tertiary/aromatic N) is 1. The van der Waals surface area contributed by atoms with Gasteiger partial charge < -0.3 is 4.98 Å². The van der Waals surface area contributed by atoms with Crippen molar-refractivity contribution in [3.05, 3.63) is 52.0 Å². The number of hydrogen-bond acceptors (Lipinski definition) is 1. The van der Waals surface area contributed by atoms with Gasteiger partial charge in [0.25, 0.3) is 0 Å². The summed E-state index contributed by atoms with van der Waals surface area (Å²) in [6, 6.07) is 5.34. The highest BCUT2D eigenvalue weighted by atomic mass is 35.5. The number of imidazole rings is 1. The van der Waals surface area contributed by atoms with E-state index in [1.807, 2.05) is 18.2 Å². The Morgan fingerprint density at radius 3 is 2.80 bits per heavy atom. The van der Waals surface area contributed by atoms with Crippen molar-refractivity contribution >= 4 is 35.4 Å². The first-order valence-electron chi connectivity index (χ1n) is 4.38. The third-order valence-corrected chi connectivity index (χ3v) is 2.48. The second kappa shape index (κ2) is 4.51. The van der Waals surface area contributed by atoms with Crippen LogP contribution in [0.3, 0.4) is 0 Å². The van der Waals surface area contributed by atoms with Gasteiger partial charge in [0.05, 0.1) is 0 Å². The average Bonchev–Trinajstić information content (AvgIpc) is 2.72. The maximum Gasteiger partial charge on any atom is 0.129 e. The Labute approximate surface area is 97.6 Å². The number of H-pyrrole nitrogens is 1. The van der Waals surface area contributed by atoms with Crippen LogP contribution in [-0.2, 0) is 0 Å². The monoisotopic (exact) mass is 238 g/mol. The maximum absolute atomic E-state index is 6.00. The first-order chi connectivity index (χ1) is 7.25. The van der Waals surface area contributed by atoms with Gasteiger partial charge in [-0.25, -0.2) is 4.98 Å². The van der Waals surface area contributed by atoms with Gasteiger partial charge in [0.2, 0.25) is 0 Å². The first kappa shape index (κ1) is 10.3. The zero-order valence-electron chi connectivity index (χ0n) is 7.74. The number of aromatic nitrogens is 2. The average molecular weight is 239 g/mol. The topological polar surface area (TPSA) is 28.7 Å². The van der Waals surface area contributed by atoms with Crippen LogP contribution in [0.4, 0.5) is 0 Å². The standard InChI is InChI=1S/C11H8Cl2N2/c12-9-2-3-10(13)8(7-9)1-4-11-14-5-6-15-11/h1-7H,(H,14,15). The van der Waals surface area contributed by atoms with Crippen LogP contribution in [0.2, 0.25) is 10.0 Å². The molecule has 0 aliphatic heterocycles. The van der Waals surface area contributed by atoms with Crippen LogP contribution in [0.15, 0.2) is 30.6 Å². The summed E-state index contributed by atoms with van der Waals surface area (Å²) >= 11 is 11.9. The van der Waals surface area contributed by atoms with E-state index >= 15 is 0 Å². The molecule has 0 saturated carbocycles. The van der Waals surface area contributed by atoms with E-state index in [0.717, 1.165) is 11.4 Å². The molecule has 76 valence electrons. The van der Waals surface area contributed by atoms with Crippen molar-refractivity contribution in [3.63, 3.8) is 0 Å². The van der Waals surface area contributed by atoms with E-state index in [0.29, 0.717) is 10.0 Å². The molecule has 2 nitrogen and oxygen atoms in total. The molecule has 2 rings (SSSR count). The summed E-state index contributed by atoms with van der Waals surface area (Å²) in [5, 5.41) is 1.33. The van der Waals surface area contributed by atoms with Crippen molar-refractivity contribution in [2.75, 3.05) is 0 Å². The maximum atomic E-state index is 6.00. The molecule has 2 aromatic rings. The minimum Gasteiger partial charge on any atom is -0.345 e. The summed E-state index contributed by atoms with van der Waals surface area (Å²) in [5.41, 5.74) is 0.876. The predicted molar refractivity (Wildman–Crippen MR) is 64.0 cm³/mol. The fourth-order valence-electron chi connectivity index (χ4n) is 1.18. The van der Waals surface area contributed by atoms with E-state index in [2.05, 4.69) is 9.97 Å². The van der Waals surface area contributed by atoms with Crippen LogP contribution in [0.1, 0.15) is 11.4 Å². The molecule has 15 heavy (non-hydrogen) atoms. The van der Waals surface area contributed by atoms with Crippen molar-refractivity contribution in [3.8, 4) is 0 Å². The molecule has 4 heteroatoms. The Morgan fingerprint density at radius 1 is 1.20 bits per heavy atom. The molecule has 1 aromatic heterocycles. The summed E-state index contributed by atoms with van der Waals surface area (Å²) in [6.45, 7) is 0. The van der Waals surface area contributed by atoms with Crippen molar-refractivity contribution in [2.24, 2.45) is 0 Å². The molecular formula is C11H8Cl2N2. The summed E-state index contributed by atoms with van der Waals surface area (Å²) in [4.78, 5) is 7.03. The Hall–Kier alpha value is -1.25. The van der Waals surface area contributed by atoms with Gasteiger partial charge in [-0.2, -0.15) is 0 Å². The molecule has 0 spiro atoms. The Balaban J connectivity index is 2.27. The van der Waals surface area contributed by atoms with E-state index in [1.165, 1.54) is 0 Å². The van der Waals surface area contributed by atoms with Crippen molar-refractivity contribution < 1.29 is 0 Å². The van der Waals surface area contributed by atoms with Crippen LogP contribution in [0.5, 0.6) is 0 Å². The number of hydrogen-bond donors (Lipinski definition) is 1. The largest absolute Gasteiger partial charge is 0.345 e. The van der Waals surface area contributed by atoms with Gasteiger partial charge >= 0.3 is 0 Å². The Kier molecular flexibility index (Phi) is 3.09. The van der Waals surface area contributed by atoms with Crippen LogP contribution in [0, 0.1) is 0 Å². The number of rotatable bonds is 2. The minimum atomic E-state index is 0.665. The number of benzene rings is 1. The van der Waals surface area contributed by atoms with Crippen molar-refractivity contribution in [2.45, 2.75) is 0 Å². The minimum absolute atomic E-state index is 0.665. The van der Waals surface area contributed by atoms with E-state index in [-0.39, 0.29) is 0 Å². The molecule has 0 aliphatic rings. The Morgan fingerprint density at radius 2 is 2.07 bits per heavy atom. The van der Waals surface area contributed by atoms with E-state index in [1.54, 1.807) is 24.5 Å². The normalized spacial score (nSPS) is 11.1. The number of aromatic amines is 1. The Bertz CT molecular complexity index is 475. The van der Waals surface area contributed by atoms with Gasteiger partial charge in [0.1, 0.15) is 5.82 Å². The molecule has 0 fully saturated rings. The second-order valence-corrected chi connectivity index (χ2v) is 3.82. The van der Waals surface area contributed by atoms with E-state index in [9.17, 15) is 0 Å². The van der Waals surface area contributed by atoms with Gasteiger partial charge in [0.15, 0.2) is 0 Å². The van der Waals surface area contributed by atoms with Crippen LogP contribution >= 0.6 is 23.2 Å². The summed E-state index contributed by atoms with van der Waals surface area (Å²) < 4.78 is 0. The summed E-state index contributed by atoms with van der Waals surface area (Å²) in [6.07, 6.45) is 7.17. The molecule has 0 radical (unpaired) electrons. The van der Waals surface area contributed by atoms with Crippen molar-refractivity contribution in [1.82, 2.24) is 9.97 Å². The summed E-state index contributed by atoms with van der Waals surface area (Å²) in [7, 11) is 0. The molecule has 0 bridgehead atoms. The quantitative estimate of drug-likeness (QED) is 0.846. The molecule has 1 heterocycles. The van der Waals surface area contributed by atoms with Gasteiger partial charge in [0, 0.05) is 22.4 Å². The predicted octanol–water partition coefficient (Wildman–Crippen LogP) is 3.89. The lowest BCUT2D eigenvalue weighted by Gasteiger charge is -1.97. The van der Waals surface area contributed by atoms with Gasteiger partial charge in [-0.05, 0) is 35.9 Å². The fraction of sp³-hybridized carbons (Fsp3) is 0. The third-order valence-electron chi connectivity index (χ3n) is 1.90.